The minimum absolute atomic E-state index is 0.00920. The van der Waals surface area contributed by atoms with Gasteiger partial charge in [-0.25, -0.2) is 0 Å². The van der Waals surface area contributed by atoms with E-state index in [1.807, 2.05) is 84.9 Å². The molecule has 5 heteroatoms. The van der Waals surface area contributed by atoms with Crippen molar-refractivity contribution < 1.29 is 14.3 Å². The highest BCUT2D eigenvalue weighted by Crippen LogP contribution is 2.22. The van der Waals surface area contributed by atoms with Crippen LogP contribution in [-0.2, 0) is 4.79 Å². The second-order valence-corrected chi connectivity index (χ2v) is 7.35. The largest absolute Gasteiger partial charge is 0.484 e. The number of likely N-dealkylation sites (tertiary alicyclic amines) is 1. The Morgan fingerprint density at radius 2 is 1.60 bits per heavy atom. The fourth-order valence-electron chi connectivity index (χ4n) is 3.64. The topological polar surface area (TPSA) is 58.6 Å². The van der Waals surface area contributed by atoms with Gasteiger partial charge in [-0.2, -0.15) is 0 Å². The Morgan fingerprint density at radius 3 is 2.37 bits per heavy atom. The van der Waals surface area contributed by atoms with E-state index in [-0.39, 0.29) is 24.5 Å². The average Bonchev–Trinajstić information content (AvgIpc) is 3.27. The predicted molar refractivity (Wildman–Crippen MR) is 116 cm³/mol. The summed E-state index contributed by atoms with van der Waals surface area (Å²) in [6.45, 7) is 1.10. The Kier molecular flexibility index (Phi) is 6.09. The van der Waals surface area contributed by atoms with Gasteiger partial charge in [0.25, 0.3) is 11.8 Å². The number of ether oxygens (including phenoxy) is 1. The zero-order valence-corrected chi connectivity index (χ0v) is 16.7. The zero-order valence-electron chi connectivity index (χ0n) is 16.7. The van der Waals surface area contributed by atoms with Gasteiger partial charge in [0.05, 0.1) is 0 Å². The maximum atomic E-state index is 13.0. The molecule has 0 bridgehead atoms. The van der Waals surface area contributed by atoms with Gasteiger partial charge in [0, 0.05) is 24.7 Å². The Hall–Kier alpha value is -3.60. The quantitative estimate of drug-likeness (QED) is 0.685. The molecule has 152 valence electrons. The molecule has 0 spiro atoms. The van der Waals surface area contributed by atoms with Gasteiger partial charge in [-0.3, -0.25) is 9.59 Å². The molecular formula is C25H24N2O3. The van der Waals surface area contributed by atoms with E-state index in [0.29, 0.717) is 24.4 Å². The van der Waals surface area contributed by atoms with Crippen LogP contribution in [0.1, 0.15) is 16.8 Å². The number of rotatable bonds is 6. The van der Waals surface area contributed by atoms with Crippen LogP contribution in [-0.4, -0.2) is 42.5 Å². The molecule has 1 heterocycles. The normalized spacial score (nSPS) is 15.6. The summed E-state index contributed by atoms with van der Waals surface area (Å²) in [5, 5.41) is 2.96. The minimum atomic E-state index is -0.177. The molecule has 3 aromatic rings. The van der Waals surface area contributed by atoms with E-state index in [1.54, 1.807) is 4.90 Å². The van der Waals surface area contributed by atoms with E-state index in [0.717, 1.165) is 17.5 Å². The molecule has 0 unspecified atom stereocenters. The summed E-state index contributed by atoms with van der Waals surface area (Å²) in [6, 6.07) is 26.9. The lowest BCUT2D eigenvalue weighted by molar-refractivity contribution is -0.123. The van der Waals surface area contributed by atoms with Gasteiger partial charge >= 0.3 is 0 Å². The number of para-hydroxylation sites is 1. The molecule has 4 rings (SSSR count). The van der Waals surface area contributed by atoms with E-state index in [1.165, 1.54) is 0 Å². The van der Waals surface area contributed by atoms with Crippen molar-refractivity contribution in [1.82, 2.24) is 10.2 Å². The number of nitrogens with zero attached hydrogens (tertiary/aromatic N) is 1. The summed E-state index contributed by atoms with van der Waals surface area (Å²) in [5.74, 6) is 0.475. The first-order chi connectivity index (χ1) is 14.7. The number of carbonyl (C=O) groups excluding carboxylic acids is 2. The van der Waals surface area contributed by atoms with E-state index in [2.05, 4.69) is 5.32 Å². The molecule has 0 aromatic heterocycles. The first kappa shape index (κ1) is 19.7. The van der Waals surface area contributed by atoms with Crippen molar-refractivity contribution in [2.75, 3.05) is 19.7 Å². The van der Waals surface area contributed by atoms with Gasteiger partial charge < -0.3 is 15.0 Å². The van der Waals surface area contributed by atoms with Crippen molar-refractivity contribution in [2.45, 2.75) is 12.5 Å². The Morgan fingerprint density at radius 1 is 0.900 bits per heavy atom. The summed E-state index contributed by atoms with van der Waals surface area (Å²) in [7, 11) is 0. The minimum Gasteiger partial charge on any atom is -0.484 e. The first-order valence-corrected chi connectivity index (χ1v) is 10.1. The van der Waals surface area contributed by atoms with Crippen LogP contribution in [0.4, 0.5) is 0 Å². The molecule has 5 nitrogen and oxygen atoms in total. The fourth-order valence-corrected chi connectivity index (χ4v) is 3.64. The maximum absolute atomic E-state index is 13.0. The van der Waals surface area contributed by atoms with Crippen LogP contribution in [0.15, 0.2) is 84.9 Å². The SMILES string of the molecule is O=C(COc1ccccc1)N[C@@H]1CCN(C(=O)c2cccc(-c3ccccc3)c2)C1. The standard InChI is InChI=1S/C25H24N2O3/c28-24(18-30-23-12-5-2-6-13-23)26-22-14-15-27(17-22)25(29)21-11-7-10-20(16-21)19-8-3-1-4-9-19/h1-13,16,22H,14-15,17-18H2,(H,26,28)/t22-/m1/s1. The van der Waals surface area contributed by atoms with Crippen LogP contribution in [0, 0.1) is 0 Å². The van der Waals surface area contributed by atoms with Crippen LogP contribution in [0.25, 0.3) is 11.1 Å². The molecule has 1 atom stereocenters. The monoisotopic (exact) mass is 400 g/mol. The third-order valence-corrected chi connectivity index (χ3v) is 5.17. The highest BCUT2D eigenvalue weighted by Gasteiger charge is 2.28. The van der Waals surface area contributed by atoms with Crippen LogP contribution in [0.3, 0.4) is 0 Å². The molecule has 0 aliphatic carbocycles. The smallest absolute Gasteiger partial charge is 0.258 e. The summed E-state index contributed by atoms with van der Waals surface area (Å²) in [4.78, 5) is 26.9. The predicted octanol–water partition coefficient (Wildman–Crippen LogP) is 3.76. The van der Waals surface area contributed by atoms with Crippen LogP contribution in [0.5, 0.6) is 5.75 Å². The second kappa shape index (κ2) is 9.27. The molecule has 1 fully saturated rings. The Balaban J connectivity index is 1.32. The van der Waals surface area contributed by atoms with Gasteiger partial charge in [-0.15, -0.1) is 0 Å². The summed E-state index contributed by atoms with van der Waals surface area (Å²) in [5.41, 5.74) is 2.76. The summed E-state index contributed by atoms with van der Waals surface area (Å²) < 4.78 is 5.48. The average molecular weight is 400 g/mol. The van der Waals surface area contributed by atoms with Crippen molar-refractivity contribution >= 4 is 11.8 Å². The van der Waals surface area contributed by atoms with Crippen LogP contribution >= 0.6 is 0 Å². The fraction of sp³-hybridized carbons (Fsp3) is 0.200. The lowest BCUT2D eigenvalue weighted by Gasteiger charge is -2.18. The van der Waals surface area contributed by atoms with Crippen molar-refractivity contribution in [3.05, 3.63) is 90.5 Å². The van der Waals surface area contributed by atoms with E-state index in [9.17, 15) is 9.59 Å². The second-order valence-electron chi connectivity index (χ2n) is 7.35. The van der Waals surface area contributed by atoms with Crippen LogP contribution < -0.4 is 10.1 Å². The Bertz CT molecular complexity index is 1010. The van der Waals surface area contributed by atoms with Crippen molar-refractivity contribution in [3.63, 3.8) is 0 Å². The summed E-state index contributed by atoms with van der Waals surface area (Å²) >= 11 is 0. The third kappa shape index (κ3) is 4.87. The molecule has 2 amide bonds. The lowest BCUT2D eigenvalue weighted by atomic mass is 10.0. The molecule has 1 aliphatic heterocycles. The molecule has 3 aromatic carbocycles. The first-order valence-electron chi connectivity index (χ1n) is 10.1. The number of amides is 2. The molecule has 0 radical (unpaired) electrons. The molecule has 0 saturated carbocycles. The molecule has 30 heavy (non-hydrogen) atoms. The zero-order chi connectivity index (χ0) is 20.8. The Labute approximate surface area is 176 Å². The number of benzene rings is 3. The summed E-state index contributed by atoms with van der Waals surface area (Å²) in [6.07, 6.45) is 0.737. The van der Waals surface area contributed by atoms with Gasteiger partial charge in [-0.05, 0) is 41.8 Å². The van der Waals surface area contributed by atoms with Gasteiger partial charge in [0.15, 0.2) is 6.61 Å². The molecule has 1 saturated heterocycles. The van der Waals surface area contributed by atoms with E-state index >= 15 is 0 Å². The maximum Gasteiger partial charge on any atom is 0.258 e. The van der Waals surface area contributed by atoms with Crippen molar-refractivity contribution in [3.8, 4) is 16.9 Å². The number of hydrogen-bond donors (Lipinski definition) is 1. The molecule has 1 aliphatic rings. The number of hydrogen-bond acceptors (Lipinski definition) is 3. The third-order valence-electron chi connectivity index (χ3n) is 5.17. The molecule has 1 N–H and O–H groups in total. The highest BCUT2D eigenvalue weighted by molar-refractivity contribution is 5.95. The van der Waals surface area contributed by atoms with Gasteiger partial charge in [-0.1, -0.05) is 60.7 Å². The number of nitrogens with one attached hydrogen (secondary N) is 1. The van der Waals surface area contributed by atoms with Gasteiger partial charge in [0.1, 0.15) is 5.75 Å². The van der Waals surface area contributed by atoms with Crippen molar-refractivity contribution in [1.29, 1.82) is 0 Å². The van der Waals surface area contributed by atoms with E-state index < -0.39 is 0 Å². The van der Waals surface area contributed by atoms with E-state index in [4.69, 9.17) is 4.74 Å². The number of carbonyl (C=O) groups is 2. The van der Waals surface area contributed by atoms with Crippen molar-refractivity contribution in [2.24, 2.45) is 0 Å². The lowest BCUT2D eigenvalue weighted by Crippen LogP contribution is -2.40. The highest BCUT2D eigenvalue weighted by atomic mass is 16.5. The van der Waals surface area contributed by atoms with Gasteiger partial charge in [0.2, 0.25) is 0 Å². The van der Waals surface area contributed by atoms with Crippen LogP contribution in [0.2, 0.25) is 0 Å². The molecular weight excluding hydrogens is 376 g/mol.